The molecule has 0 spiro atoms. The maximum Gasteiger partial charge on any atom is 0.242 e. The molecule has 0 bridgehead atoms. The first kappa shape index (κ1) is 16.2. The second-order valence-electron chi connectivity index (χ2n) is 3.45. The van der Waals surface area contributed by atoms with E-state index in [2.05, 4.69) is 26.0 Å². The van der Waals surface area contributed by atoms with Crippen LogP contribution in [0.5, 0.6) is 0 Å². The molecule has 0 heterocycles. The molecule has 0 atom stereocenters. The van der Waals surface area contributed by atoms with E-state index in [1.54, 1.807) is 0 Å². The number of sulfonamides is 1. The zero-order chi connectivity index (χ0) is 13.8. The van der Waals surface area contributed by atoms with Crippen molar-refractivity contribution in [3.63, 3.8) is 0 Å². The van der Waals surface area contributed by atoms with Crippen molar-refractivity contribution in [1.29, 1.82) is 0 Å². The molecule has 8 heteroatoms. The van der Waals surface area contributed by atoms with E-state index in [9.17, 15) is 8.42 Å². The molecule has 0 aliphatic rings. The summed E-state index contributed by atoms with van der Waals surface area (Å²) in [7, 11) is -3.62. The van der Waals surface area contributed by atoms with E-state index in [4.69, 9.17) is 23.2 Å². The number of hydrogen-bond donors (Lipinski definition) is 2. The fraction of sp³-hybridized carbons (Fsp3) is 0.400. The molecule has 0 unspecified atom stereocenters. The van der Waals surface area contributed by atoms with Crippen LogP contribution < -0.4 is 10.0 Å². The molecule has 18 heavy (non-hydrogen) atoms. The van der Waals surface area contributed by atoms with Crippen molar-refractivity contribution in [3.8, 4) is 0 Å². The lowest BCUT2D eigenvalue weighted by atomic mass is 10.4. The zero-order valence-electron chi connectivity index (χ0n) is 9.63. The predicted molar refractivity (Wildman–Crippen MR) is 77.9 cm³/mol. The van der Waals surface area contributed by atoms with Gasteiger partial charge >= 0.3 is 0 Å². The third kappa shape index (κ3) is 4.36. The number of nitrogens with one attached hydrogen (secondary N) is 2. The van der Waals surface area contributed by atoms with Crippen molar-refractivity contribution in [2.75, 3.05) is 19.6 Å². The van der Waals surface area contributed by atoms with Crippen molar-refractivity contribution >= 4 is 49.2 Å². The fourth-order valence-electron chi connectivity index (χ4n) is 1.24. The molecule has 4 nitrogen and oxygen atoms in total. The number of halogens is 3. The van der Waals surface area contributed by atoms with Crippen LogP contribution in [0.4, 0.5) is 0 Å². The second-order valence-corrected chi connectivity index (χ2v) is 6.85. The van der Waals surface area contributed by atoms with Gasteiger partial charge in [0.2, 0.25) is 10.0 Å². The van der Waals surface area contributed by atoms with Crippen molar-refractivity contribution in [3.05, 3.63) is 26.7 Å². The standard InChI is InChI=1S/C10H13BrCl2N2O2S/c1-2-14-3-4-15-18(16,17)10-5-7(11)8(12)6-9(10)13/h5-6,14-15H,2-4H2,1H3. The van der Waals surface area contributed by atoms with Gasteiger partial charge in [0.15, 0.2) is 0 Å². The van der Waals surface area contributed by atoms with Crippen molar-refractivity contribution in [2.45, 2.75) is 11.8 Å². The Balaban J connectivity index is 2.88. The van der Waals surface area contributed by atoms with Gasteiger partial charge < -0.3 is 5.32 Å². The molecule has 1 aromatic carbocycles. The number of hydrogen-bond acceptors (Lipinski definition) is 3. The van der Waals surface area contributed by atoms with Crippen LogP contribution in [0.3, 0.4) is 0 Å². The van der Waals surface area contributed by atoms with Crippen LogP contribution in [-0.4, -0.2) is 28.1 Å². The van der Waals surface area contributed by atoms with Gasteiger partial charge in [0.25, 0.3) is 0 Å². The lowest BCUT2D eigenvalue weighted by molar-refractivity contribution is 0.577. The number of likely N-dealkylation sites (N-methyl/N-ethyl adjacent to an activating group) is 1. The second kappa shape index (κ2) is 7.07. The summed E-state index contributed by atoms with van der Waals surface area (Å²) < 4.78 is 26.9. The highest BCUT2D eigenvalue weighted by molar-refractivity contribution is 9.10. The van der Waals surface area contributed by atoms with Crippen LogP contribution in [0.15, 0.2) is 21.5 Å². The fourth-order valence-corrected chi connectivity index (χ4v) is 3.54. The average molecular weight is 376 g/mol. The van der Waals surface area contributed by atoms with Crippen LogP contribution in [0.2, 0.25) is 10.0 Å². The quantitative estimate of drug-likeness (QED) is 0.593. The van der Waals surface area contributed by atoms with E-state index in [-0.39, 0.29) is 9.92 Å². The Hall–Kier alpha value is 0.150. The van der Waals surface area contributed by atoms with E-state index in [1.807, 2.05) is 6.92 Å². The summed E-state index contributed by atoms with van der Waals surface area (Å²) in [5.41, 5.74) is 0. The molecule has 1 aromatic rings. The monoisotopic (exact) mass is 374 g/mol. The molecule has 102 valence electrons. The van der Waals surface area contributed by atoms with E-state index >= 15 is 0 Å². The lowest BCUT2D eigenvalue weighted by Crippen LogP contribution is -2.31. The van der Waals surface area contributed by atoms with Gasteiger partial charge in [0.1, 0.15) is 4.90 Å². The van der Waals surface area contributed by atoms with Gasteiger partial charge in [-0.2, -0.15) is 0 Å². The normalized spacial score (nSPS) is 11.8. The Morgan fingerprint density at radius 3 is 2.50 bits per heavy atom. The highest BCUT2D eigenvalue weighted by atomic mass is 79.9. The Labute approximate surface area is 125 Å². The minimum atomic E-state index is -3.62. The van der Waals surface area contributed by atoms with Gasteiger partial charge in [-0.3, -0.25) is 0 Å². The van der Waals surface area contributed by atoms with Gasteiger partial charge in [-0.05, 0) is 34.6 Å². The first-order valence-corrected chi connectivity index (χ1v) is 8.26. The molecule has 0 aliphatic carbocycles. The van der Waals surface area contributed by atoms with Crippen molar-refractivity contribution in [2.24, 2.45) is 0 Å². The first-order chi connectivity index (χ1) is 8.38. The molecular formula is C10H13BrCl2N2O2S. The molecular weight excluding hydrogens is 363 g/mol. The summed E-state index contributed by atoms with van der Waals surface area (Å²) in [4.78, 5) is 0.0111. The SMILES string of the molecule is CCNCCNS(=O)(=O)c1cc(Br)c(Cl)cc1Cl. The van der Waals surface area contributed by atoms with Crippen LogP contribution in [-0.2, 0) is 10.0 Å². The summed E-state index contributed by atoms with van der Waals surface area (Å²) in [5.74, 6) is 0. The maximum atomic E-state index is 12.0. The van der Waals surface area contributed by atoms with Gasteiger partial charge in [-0.25, -0.2) is 13.1 Å². The molecule has 0 saturated heterocycles. The summed E-state index contributed by atoms with van der Waals surface area (Å²) >= 11 is 14.9. The van der Waals surface area contributed by atoms with Crippen LogP contribution >= 0.6 is 39.1 Å². The first-order valence-electron chi connectivity index (χ1n) is 5.23. The Morgan fingerprint density at radius 2 is 1.89 bits per heavy atom. The third-order valence-electron chi connectivity index (χ3n) is 2.11. The van der Waals surface area contributed by atoms with Crippen molar-refractivity contribution < 1.29 is 8.42 Å². The highest BCUT2D eigenvalue weighted by Crippen LogP contribution is 2.31. The van der Waals surface area contributed by atoms with Crippen LogP contribution in [0, 0.1) is 0 Å². The predicted octanol–water partition coefficient (Wildman–Crippen LogP) is 2.64. The minimum absolute atomic E-state index is 0.0111. The van der Waals surface area contributed by atoms with Gasteiger partial charge in [0.05, 0.1) is 10.0 Å². The molecule has 0 amide bonds. The third-order valence-corrected chi connectivity index (χ3v) is 5.23. The van der Waals surface area contributed by atoms with E-state index in [1.165, 1.54) is 12.1 Å². The molecule has 0 saturated carbocycles. The summed E-state index contributed by atoms with van der Waals surface area (Å²) in [5, 5.41) is 3.48. The molecule has 1 rings (SSSR count). The van der Waals surface area contributed by atoms with Gasteiger partial charge in [0, 0.05) is 17.6 Å². The zero-order valence-corrected chi connectivity index (χ0v) is 13.5. The highest BCUT2D eigenvalue weighted by Gasteiger charge is 2.19. The van der Waals surface area contributed by atoms with E-state index in [0.717, 1.165) is 6.54 Å². The topological polar surface area (TPSA) is 58.2 Å². The summed E-state index contributed by atoms with van der Waals surface area (Å²) in [6.07, 6.45) is 0. The largest absolute Gasteiger partial charge is 0.316 e. The van der Waals surface area contributed by atoms with Crippen LogP contribution in [0.1, 0.15) is 6.92 Å². The number of benzene rings is 1. The maximum absolute atomic E-state index is 12.0. The van der Waals surface area contributed by atoms with Crippen LogP contribution in [0.25, 0.3) is 0 Å². The van der Waals surface area contributed by atoms with Gasteiger partial charge in [-0.15, -0.1) is 0 Å². The Bertz CT molecular complexity index is 523. The average Bonchev–Trinajstić information content (AvgIpc) is 2.29. The summed E-state index contributed by atoms with van der Waals surface area (Å²) in [6.45, 7) is 3.59. The van der Waals surface area contributed by atoms with Crippen molar-refractivity contribution in [1.82, 2.24) is 10.0 Å². The molecule has 0 radical (unpaired) electrons. The number of rotatable bonds is 6. The molecule has 0 aliphatic heterocycles. The minimum Gasteiger partial charge on any atom is -0.316 e. The summed E-state index contributed by atoms with van der Waals surface area (Å²) in [6, 6.07) is 2.78. The van der Waals surface area contributed by atoms with E-state index in [0.29, 0.717) is 22.6 Å². The smallest absolute Gasteiger partial charge is 0.242 e. The molecule has 0 aromatic heterocycles. The van der Waals surface area contributed by atoms with E-state index < -0.39 is 10.0 Å². The molecule has 0 fully saturated rings. The van der Waals surface area contributed by atoms with Gasteiger partial charge in [-0.1, -0.05) is 30.1 Å². The lowest BCUT2D eigenvalue weighted by Gasteiger charge is -2.09. The Morgan fingerprint density at radius 1 is 1.22 bits per heavy atom. The Kier molecular flexibility index (Phi) is 6.37. The molecule has 2 N–H and O–H groups in total.